The fourth-order valence-corrected chi connectivity index (χ4v) is 6.90. The lowest BCUT2D eigenvalue weighted by Gasteiger charge is -2.39. The number of halogens is 1. The number of likely N-dealkylation sites (tertiary alicyclic amines) is 2. The van der Waals surface area contributed by atoms with Gasteiger partial charge < -0.3 is 19.4 Å². The number of carbonyl (C=O) groups excluding carboxylic acids is 2. The minimum Gasteiger partial charge on any atom is -0.497 e. The lowest BCUT2D eigenvalue weighted by atomic mass is 9.74. The second-order valence-electron chi connectivity index (χ2n) is 11.9. The molecule has 2 fully saturated rings. The van der Waals surface area contributed by atoms with E-state index in [1.807, 2.05) is 64.4 Å². The summed E-state index contributed by atoms with van der Waals surface area (Å²) in [6.07, 6.45) is 8.94. The highest BCUT2D eigenvalue weighted by atomic mass is 35.5. The second-order valence-corrected chi connectivity index (χ2v) is 11.9. The molecule has 6 nitrogen and oxygen atoms in total. The van der Waals surface area contributed by atoms with Crippen LogP contribution in [0.2, 0.25) is 0 Å². The Morgan fingerprint density at radius 1 is 0.953 bits per heavy atom. The first-order valence-electron chi connectivity index (χ1n) is 15.3. The van der Waals surface area contributed by atoms with E-state index in [2.05, 4.69) is 41.3 Å². The fourth-order valence-electron chi connectivity index (χ4n) is 6.90. The molecule has 1 atom stereocenters. The van der Waals surface area contributed by atoms with Crippen molar-refractivity contribution in [1.82, 2.24) is 9.80 Å². The van der Waals surface area contributed by atoms with E-state index >= 15 is 0 Å². The highest BCUT2D eigenvalue weighted by molar-refractivity contribution is 5.99. The number of carbonyl (C=O) groups is 2. The van der Waals surface area contributed by atoms with Gasteiger partial charge in [0, 0.05) is 37.2 Å². The molecule has 3 aromatic rings. The van der Waals surface area contributed by atoms with E-state index in [9.17, 15) is 9.59 Å². The predicted octanol–water partition coefficient (Wildman–Crippen LogP) is 5.99. The normalized spacial score (nSPS) is 18.9. The number of benzene rings is 3. The number of amides is 2. The van der Waals surface area contributed by atoms with Crippen molar-refractivity contribution in [3.8, 4) is 5.75 Å². The number of allylic oxidation sites excluding steroid dienone is 1. The Labute approximate surface area is 261 Å². The fraction of sp³-hybridized carbons (Fsp3) is 0.389. The van der Waals surface area contributed by atoms with Gasteiger partial charge in [0.2, 0.25) is 11.8 Å². The first-order chi connectivity index (χ1) is 20.5. The molecule has 43 heavy (non-hydrogen) atoms. The van der Waals surface area contributed by atoms with Gasteiger partial charge in [0.25, 0.3) is 0 Å². The number of rotatable bonds is 10. The van der Waals surface area contributed by atoms with Crippen LogP contribution in [0.4, 0.5) is 5.69 Å². The molecule has 7 heteroatoms. The van der Waals surface area contributed by atoms with Crippen LogP contribution in [0.3, 0.4) is 0 Å². The summed E-state index contributed by atoms with van der Waals surface area (Å²) in [6, 6.07) is 26.7. The van der Waals surface area contributed by atoms with E-state index in [0.29, 0.717) is 19.6 Å². The molecular formula is C36H42ClN3O3. The van der Waals surface area contributed by atoms with Gasteiger partial charge in [0.05, 0.1) is 13.0 Å². The zero-order valence-corrected chi connectivity index (χ0v) is 25.8. The third kappa shape index (κ3) is 6.81. The van der Waals surface area contributed by atoms with Crippen LogP contribution in [0.15, 0.2) is 84.9 Å². The Kier molecular flexibility index (Phi) is 9.89. The Hall–Kier alpha value is -3.61. The van der Waals surface area contributed by atoms with Gasteiger partial charge >= 0.3 is 0 Å². The van der Waals surface area contributed by atoms with Crippen molar-refractivity contribution in [3.63, 3.8) is 0 Å². The number of fused-ring (bicyclic) bond motifs is 2. The molecule has 2 aliphatic heterocycles. The highest BCUT2D eigenvalue weighted by Crippen LogP contribution is 2.43. The summed E-state index contributed by atoms with van der Waals surface area (Å²) in [5.41, 5.74) is 5.10. The van der Waals surface area contributed by atoms with E-state index in [1.165, 1.54) is 11.1 Å². The van der Waals surface area contributed by atoms with Crippen LogP contribution in [0.1, 0.15) is 42.4 Å². The SMILES string of the molecule is COc1ccc(CCN2CC(C(=O)N(CCCN3CCC4(C=Cc5ccccc54)CC3)c3ccccc3)CC2=O)cc1.Cl. The lowest BCUT2D eigenvalue weighted by molar-refractivity contribution is -0.128. The zero-order valence-electron chi connectivity index (χ0n) is 25.0. The molecule has 1 spiro atoms. The summed E-state index contributed by atoms with van der Waals surface area (Å²) in [5.74, 6) is 0.646. The first kappa shape index (κ1) is 30.8. The van der Waals surface area contributed by atoms with E-state index in [-0.39, 0.29) is 42.0 Å². The molecule has 2 heterocycles. The van der Waals surface area contributed by atoms with Gasteiger partial charge in [-0.25, -0.2) is 0 Å². The third-order valence-corrected chi connectivity index (χ3v) is 9.41. The van der Waals surface area contributed by atoms with E-state index < -0.39 is 0 Å². The second kappa shape index (κ2) is 13.8. The molecule has 2 amide bonds. The lowest BCUT2D eigenvalue weighted by Crippen LogP contribution is -2.43. The molecule has 0 aromatic heterocycles. The average molecular weight is 600 g/mol. The number of methoxy groups -OCH3 is 1. The number of piperidine rings is 1. The van der Waals surface area contributed by atoms with Crippen molar-refractivity contribution in [3.05, 3.63) is 102 Å². The van der Waals surface area contributed by atoms with E-state index in [4.69, 9.17) is 4.74 Å². The number of anilines is 1. The summed E-state index contributed by atoms with van der Waals surface area (Å²) < 4.78 is 5.25. The molecule has 226 valence electrons. The Bertz CT molecular complexity index is 1420. The standard InChI is InChI=1S/C36H41N3O3.ClH/c1-42-32-14-12-28(13-15-32)17-23-38-27-30(26-34(38)40)35(41)39(31-9-3-2-4-10-31)22-7-21-37-24-19-36(20-25-37)18-16-29-8-5-6-11-33(29)36;/h2-6,8-16,18,30H,7,17,19-27H2,1H3;1H. The largest absolute Gasteiger partial charge is 0.497 e. The number of hydrogen-bond donors (Lipinski definition) is 0. The summed E-state index contributed by atoms with van der Waals surface area (Å²) >= 11 is 0. The average Bonchev–Trinajstić information content (AvgIpc) is 3.59. The molecule has 6 rings (SSSR count). The minimum atomic E-state index is -0.308. The van der Waals surface area contributed by atoms with E-state index in [1.54, 1.807) is 7.11 Å². The van der Waals surface area contributed by atoms with Crippen molar-refractivity contribution < 1.29 is 14.3 Å². The van der Waals surface area contributed by atoms with Crippen LogP contribution in [-0.4, -0.2) is 68.0 Å². The summed E-state index contributed by atoms with van der Waals surface area (Å²) in [4.78, 5) is 33.1. The minimum absolute atomic E-state index is 0. The summed E-state index contributed by atoms with van der Waals surface area (Å²) in [6.45, 7) is 4.87. The summed E-state index contributed by atoms with van der Waals surface area (Å²) in [7, 11) is 1.66. The number of para-hydroxylation sites is 1. The molecular weight excluding hydrogens is 558 g/mol. The van der Waals surface area contributed by atoms with Crippen molar-refractivity contribution >= 4 is 36.0 Å². The van der Waals surface area contributed by atoms with Crippen molar-refractivity contribution in [2.45, 2.75) is 37.5 Å². The number of hydrogen-bond acceptors (Lipinski definition) is 4. The molecule has 0 N–H and O–H groups in total. The summed E-state index contributed by atoms with van der Waals surface area (Å²) in [5, 5.41) is 0. The topological polar surface area (TPSA) is 53.1 Å². The van der Waals surface area contributed by atoms with Crippen LogP contribution in [0.25, 0.3) is 6.08 Å². The van der Waals surface area contributed by atoms with E-state index in [0.717, 1.165) is 62.3 Å². The smallest absolute Gasteiger partial charge is 0.232 e. The molecule has 1 aliphatic carbocycles. The quantitative estimate of drug-likeness (QED) is 0.287. The van der Waals surface area contributed by atoms with Gasteiger partial charge in [-0.3, -0.25) is 9.59 Å². The predicted molar refractivity (Wildman–Crippen MR) is 175 cm³/mol. The molecule has 3 aromatic carbocycles. The molecule has 1 unspecified atom stereocenters. The molecule has 0 radical (unpaired) electrons. The van der Waals surface area contributed by atoms with Gasteiger partial charge in [-0.1, -0.05) is 66.7 Å². The van der Waals surface area contributed by atoms with Gasteiger partial charge in [-0.05, 0) is 86.3 Å². The molecule has 0 saturated carbocycles. The van der Waals surface area contributed by atoms with Crippen LogP contribution < -0.4 is 9.64 Å². The van der Waals surface area contributed by atoms with Crippen LogP contribution in [0.5, 0.6) is 5.75 Å². The van der Waals surface area contributed by atoms with Gasteiger partial charge in [-0.15, -0.1) is 12.4 Å². The van der Waals surface area contributed by atoms with Gasteiger partial charge in [-0.2, -0.15) is 0 Å². The Balaban J connectivity index is 0.00000368. The third-order valence-electron chi connectivity index (χ3n) is 9.41. The van der Waals surface area contributed by atoms with Crippen molar-refractivity contribution in [2.24, 2.45) is 5.92 Å². The zero-order chi connectivity index (χ0) is 28.9. The molecule has 2 saturated heterocycles. The first-order valence-corrected chi connectivity index (χ1v) is 15.3. The van der Waals surface area contributed by atoms with Crippen LogP contribution in [0, 0.1) is 5.92 Å². The Morgan fingerprint density at radius 2 is 1.67 bits per heavy atom. The number of ether oxygens (including phenoxy) is 1. The van der Waals surface area contributed by atoms with Crippen molar-refractivity contribution in [1.29, 1.82) is 0 Å². The van der Waals surface area contributed by atoms with Gasteiger partial charge in [0.1, 0.15) is 5.75 Å². The van der Waals surface area contributed by atoms with Gasteiger partial charge in [0.15, 0.2) is 0 Å². The monoisotopic (exact) mass is 599 g/mol. The number of nitrogens with zero attached hydrogens (tertiary/aromatic N) is 3. The maximum atomic E-state index is 13.9. The van der Waals surface area contributed by atoms with Crippen LogP contribution in [-0.2, 0) is 21.4 Å². The molecule has 3 aliphatic rings. The molecule has 0 bridgehead atoms. The van der Waals surface area contributed by atoms with Crippen LogP contribution >= 0.6 is 12.4 Å². The maximum Gasteiger partial charge on any atom is 0.232 e. The highest BCUT2D eigenvalue weighted by Gasteiger charge is 2.38. The van der Waals surface area contributed by atoms with Crippen molar-refractivity contribution in [2.75, 3.05) is 51.3 Å². The maximum absolute atomic E-state index is 13.9. The Morgan fingerprint density at radius 3 is 2.42 bits per heavy atom.